The first-order valence-electron chi connectivity index (χ1n) is 5.54. The SMILES string of the molecule is CCC(C)C(CO)NCc1ccc(C#N)s1. The molecule has 0 radical (unpaired) electrons. The van der Waals surface area contributed by atoms with Crippen molar-refractivity contribution in [1.82, 2.24) is 5.32 Å². The zero-order valence-electron chi connectivity index (χ0n) is 9.73. The molecule has 0 aliphatic heterocycles. The summed E-state index contributed by atoms with van der Waals surface area (Å²) < 4.78 is 0. The Morgan fingerprint density at radius 2 is 2.31 bits per heavy atom. The van der Waals surface area contributed by atoms with E-state index in [9.17, 15) is 5.11 Å². The van der Waals surface area contributed by atoms with Crippen molar-refractivity contribution < 1.29 is 5.11 Å². The van der Waals surface area contributed by atoms with Gasteiger partial charge in [0, 0.05) is 17.5 Å². The summed E-state index contributed by atoms with van der Waals surface area (Å²) in [5, 5.41) is 21.3. The van der Waals surface area contributed by atoms with Crippen molar-refractivity contribution in [2.45, 2.75) is 32.9 Å². The van der Waals surface area contributed by atoms with Crippen LogP contribution in [0.1, 0.15) is 30.0 Å². The number of thiophene rings is 1. The zero-order valence-corrected chi connectivity index (χ0v) is 10.5. The summed E-state index contributed by atoms with van der Waals surface area (Å²) in [5.74, 6) is 0.459. The van der Waals surface area contributed by atoms with E-state index in [4.69, 9.17) is 5.26 Å². The minimum absolute atomic E-state index is 0.137. The number of nitriles is 1. The lowest BCUT2D eigenvalue weighted by molar-refractivity contribution is 0.201. The van der Waals surface area contributed by atoms with Gasteiger partial charge >= 0.3 is 0 Å². The van der Waals surface area contributed by atoms with Gasteiger partial charge in [-0.05, 0) is 18.1 Å². The Bertz CT molecular complexity index is 356. The smallest absolute Gasteiger partial charge is 0.110 e. The Morgan fingerprint density at radius 1 is 1.56 bits per heavy atom. The molecule has 0 aliphatic carbocycles. The summed E-state index contributed by atoms with van der Waals surface area (Å²) in [4.78, 5) is 1.87. The molecule has 4 heteroatoms. The zero-order chi connectivity index (χ0) is 12.0. The number of hydrogen-bond acceptors (Lipinski definition) is 4. The molecule has 16 heavy (non-hydrogen) atoms. The predicted octanol–water partition coefficient (Wildman–Crippen LogP) is 2.12. The molecule has 0 saturated carbocycles. The Hall–Kier alpha value is -0.890. The van der Waals surface area contributed by atoms with Crippen LogP contribution in [0.3, 0.4) is 0 Å². The van der Waals surface area contributed by atoms with Crippen molar-refractivity contribution in [2.24, 2.45) is 5.92 Å². The van der Waals surface area contributed by atoms with E-state index in [-0.39, 0.29) is 12.6 Å². The van der Waals surface area contributed by atoms with E-state index in [1.807, 2.05) is 12.1 Å². The van der Waals surface area contributed by atoms with Crippen LogP contribution in [0.25, 0.3) is 0 Å². The minimum Gasteiger partial charge on any atom is -0.395 e. The van der Waals surface area contributed by atoms with Crippen LogP contribution < -0.4 is 5.32 Å². The summed E-state index contributed by atoms with van der Waals surface area (Å²) in [7, 11) is 0. The van der Waals surface area contributed by atoms with E-state index in [1.54, 1.807) is 0 Å². The third-order valence-corrected chi connectivity index (χ3v) is 3.83. The highest BCUT2D eigenvalue weighted by molar-refractivity contribution is 7.12. The Kier molecular flexibility index (Phi) is 5.47. The molecule has 0 bridgehead atoms. The highest BCUT2D eigenvalue weighted by atomic mass is 32.1. The van der Waals surface area contributed by atoms with Gasteiger partial charge in [-0.3, -0.25) is 0 Å². The topological polar surface area (TPSA) is 56.0 Å². The van der Waals surface area contributed by atoms with Crippen LogP contribution in [-0.4, -0.2) is 17.8 Å². The quantitative estimate of drug-likeness (QED) is 0.798. The monoisotopic (exact) mass is 238 g/mol. The van der Waals surface area contributed by atoms with Crippen LogP contribution in [0.15, 0.2) is 12.1 Å². The van der Waals surface area contributed by atoms with E-state index < -0.39 is 0 Å². The predicted molar refractivity (Wildman–Crippen MR) is 66.2 cm³/mol. The van der Waals surface area contributed by atoms with Crippen molar-refractivity contribution >= 4 is 11.3 Å². The van der Waals surface area contributed by atoms with E-state index in [0.717, 1.165) is 22.7 Å². The number of aliphatic hydroxyl groups excluding tert-OH is 1. The van der Waals surface area contributed by atoms with Crippen molar-refractivity contribution in [3.05, 3.63) is 21.9 Å². The number of hydrogen-bond donors (Lipinski definition) is 2. The van der Waals surface area contributed by atoms with Crippen molar-refractivity contribution in [1.29, 1.82) is 5.26 Å². The first-order valence-corrected chi connectivity index (χ1v) is 6.36. The van der Waals surface area contributed by atoms with Gasteiger partial charge in [0.25, 0.3) is 0 Å². The summed E-state index contributed by atoms with van der Waals surface area (Å²) in [5.41, 5.74) is 0. The lowest BCUT2D eigenvalue weighted by atomic mass is 10.00. The molecule has 0 spiro atoms. The second kappa shape index (κ2) is 6.64. The maximum absolute atomic E-state index is 9.25. The Labute approximate surface area is 101 Å². The number of nitrogens with zero attached hydrogens (tertiary/aromatic N) is 1. The second-order valence-corrected chi connectivity index (χ2v) is 5.10. The summed E-state index contributed by atoms with van der Waals surface area (Å²) in [6.45, 7) is 5.13. The van der Waals surface area contributed by atoms with Gasteiger partial charge in [0.15, 0.2) is 0 Å². The molecule has 0 amide bonds. The second-order valence-electron chi connectivity index (χ2n) is 3.93. The minimum atomic E-state index is 0.137. The van der Waals surface area contributed by atoms with E-state index in [0.29, 0.717) is 5.92 Å². The lowest BCUT2D eigenvalue weighted by Crippen LogP contribution is -2.37. The van der Waals surface area contributed by atoms with Crippen molar-refractivity contribution in [3.63, 3.8) is 0 Å². The largest absolute Gasteiger partial charge is 0.395 e. The molecule has 0 fully saturated rings. The molecule has 1 aromatic heterocycles. The molecule has 0 aromatic carbocycles. The van der Waals surface area contributed by atoms with E-state index in [1.165, 1.54) is 11.3 Å². The van der Waals surface area contributed by atoms with Gasteiger partial charge in [0.05, 0.1) is 6.61 Å². The van der Waals surface area contributed by atoms with E-state index >= 15 is 0 Å². The fourth-order valence-corrected chi connectivity index (χ4v) is 2.25. The molecule has 3 nitrogen and oxygen atoms in total. The fourth-order valence-electron chi connectivity index (χ4n) is 1.49. The molecular weight excluding hydrogens is 220 g/mol. The van der Waals surface area contributed by atoms with Crippen LogP contribution in [0.5, 0.6) is 0 Å². The fraction of sp³-hybridized carbons (Fsp3) is 0.583. The molecular formula is C12H18N2OS. The number of rotatable bonds is 6. The van der Waals surface area contributed by atoms with Gasteiger partial charge in [-0.25, -0.2) is 0 Å². The first-order chi connectivity index (χ1) is 7.71. The lowest BCUT2D eigenvalue weighted by Gasteiger charge is -2.21. The van der Waals surface area contributed by atoms with Gasteiger partial charge in [-0.1, -0.05) is 20.3 Å². The van der Waals surface area contributed by atoms with Gasteiger partial charge in [0.2, 0.25) is 0 Å². The maximum Gasteiger partial charge on any atom is 0.110 e. The van der Waals surface area contributed by atoms with Crippen LogP contribution in [0.2, 0.25) is 0 Å². The summed E-state index contributed by atoms with van der Waals surface area (Å²) >= 11 is 1.50. The van der Waals surface area contributed by atoms with Gasteiger partial charge in [-0.2, -0.15) is 5.26 Å². The third-order valence-electron chi connectivity index (χ3n) is 2.84. The molecule has 1 aromatic rings. The maximum atomic E-state index is 9.25. The molecule has 0 aliphatic rings. The Morgan fingerprint density at radius 3 is 2.81 bits per heavy atom. The average Bonchev–Trinajstić information content (AvgIpc) is 2.77. The Balaban J connectivity index is 2.46. The van der Waals surface area contributed by atoms with Crippen molar-refractivity contribution in [2.75, 3.05) is 6.61 Å². The highest BCUT2D eigenvalue weighted by Gasteiger charge is 2.14. The van der Waals surface area contributed by atoms with Crippen LogP contribution in [0.4, 0.5) is 0 Å². The van der Waals surface area contributed by atoms with Crippen molar-refractivity contribution in [3.8, 4) is 6.07 Å². The van der Waals surface area contributed by atoms with E-state index in [2.05, 4.69) is 25.2 Å². The standard InChI is InChI=1S/C12H18N2OS/c1-3-9(2)12(8-15)14-7-11-5-4-10(6-13)16-11/h4-5,9,12,14-15H,3,7-8H2,1-2H3. The number of aliphatic hydroxyl groups is 1. The first kappa shape index (κ1) is 13.2. The normalized spacial score (nSPS) is 14.4. The molecule has 88 valence electrons. The molecule has 1 heterocycles. The third kappa shape index (κ3) is 3.60. The van der Waals surface area contributed by atoms with Crippen LogP contribution in [0, 0.1) is 17.2 Å². The van der Waals surface area contributed by atoms with Crippen LogP contribution >= 0.6 is 11.3 Å². The molecule has 2 atom stereocenters. The number of nitrogens with one attached hydrogen (secondary N) is 1. The van der Waals surface area contributed by atoms with Gasteiger partial charge in [0.1, 0.15) is 10.9 Å². The molecule has 2 unspecified atom stereocenters. The molecule has 0 saturated heterocycles. The molecule has 2 N–H and O–H groups in total. The molecule has 1 rings (SSSR count). The summed E-state index contributed by atoms with van der Waals surface area (Å²) in [6, 6.07) is 6.05. The van der Waals surface area contributed by atoms with Gasteiger partial charge in [-0.15, -0.1) is 11.3 Å². The van der Waals surface area contributed by atoms with Crippen LogP contribution in [-0.2, 0) is 6.54 Å². The highest BCUT2D eigenvalue weighted by Crippen LogP contribution is 2.16. The summed E-state index contributed by atoms with van der Waals surface area (Å²) in [6.07, 6.45) is 1.05. The average molecular weight is 238 g/mol. The van der Waals surface area contributed by atoms with Gasteiger partial charge < -0.3 is 10.4 Å².